The van der Waals surface area contributed by atoms with E-state index in [-0.39, 0.29) is 11.8 Å². The summed E-state index contributed by atoms with van der Waals surface area (Å²) in [6.45, 7) is 0. The van der Waals surface area contributed by atoms with E-state index in [1.807, 2.05) is 29.6 Å². The van der Waals surface area contributed by atoms with Crippen LogP contribution in [0, 0.1) is 0 Å². The van der Waals surface area contributed by atoms with E-state index in [1.54, 1.807) is 36.1 Å². The number of thioether (sulfide) groups is 1. The van der Waals surface area contributed by atoms with E-state index in [0.717, 1.165) is 10.9 Å². The first-order valence-corrected chi connectivity index (χ1v) is 9.82. The number of aromatic nitrogens is 2. The highest BCUT2D eigenvalue weighted by molar-refractivity contribution is 7.99. The monoisotopic (exact) mass is 372 g/mol. The maximum absolute atomic E-state index is 13.1. The summed E-state index contributed by atoms with van der Waals surface area (Å²) in [6.07, 6.45) is 3.39. The Bertz CT molecular complexity index is 922. The smallest absolute Gasteiger partial charge is 0.257 e. The van der Waals surface area contributed by atoms with Crippen molar-refractivity contribution in [3.05, 3.63) is 47.6 Å². The number of para-hydroxylation sites is 1. The topological polar surface area (TPSA) is 69.3 Å². The maximum atomic E-state index is 13.1. The van der Waals surface area contributed by atoms with Gasteiger partial charge in [-0.05, 0) is 6.07 Å². The summed E-state index contributed by atoms with van der Waals surface area (Å²) >= 11 is 3.00. The Labute approximate surface area is 152 Å². The zero-order valence-corrected chi connectivity index (χ0v) is 15.1. The fraction of sp³-hybridized carbons (Fsp3) is 0.235. The van der Waals surface area contributed by atoms with Gasteiger partial charge >= 0.3 is 0 Å². The van der Waals surface area contributed by atoms with Crippen LogP contribution in [-0.4, -0.2) is 51.4 Å². The Hall–Kier alpha value is -2.32. The number of H-pyrrole nitrogens is 1. The van der Waals surface area contributed by atoms with Gasteiger partial charge in [0.25, 0.3) is 11.8 Å². The number of hydrogen-bond acceptors (Lipinski definition) is 5. The maximum Gasteiger partial charge on any atom is 0.257 e. The Morgan fingerprint density at radius 3 is 3.00 bits per heavy atom. The van der Waals surface area contributed by atoms with Crippen molar-refractivity contribution < 1.29 is 9.59 Å². The van der Waals surface area contributed by atoms with E-state index in [2.05, 4.69) is 9.97 Å². The van der Waals surface area contributed by atoms with Crippen molar-refractivity contribution in [2.45, 2.75) is 6.04 Å². The van der Waals surface area contributed by atoms with E-state index in [9.17, 15) is 9.59 Å². The first-order valence-electron chi connectivity index (χ1n) is 7.78. The van der Waals surface area contributed by atoms with Crippen molar-refractivity contribution in [2.75, 3.05) is 23.6 Å². The first kappa shape index (κ1) is 16.2. The molecule has 6 nitrogen and oxygen atoms in total. The third-order valence-corrected chi connectivity index (χ3v) is 6.14. The summed E-state index contributed by atoms with van der Waals surface area (Å²) in [6, 6.07) is 7.21. The van der Waals surface area contributed by atoms with Gasteiger partial charge in [0.2, 0.25) is 0 Å². The fourth-order valence-corrected chi connectivity index (χ4v) is 4.71. The van der Waals surface area contributed by atoms with Crippen molar-refractivity contribution >= 4 is 50.9 Å². The second-order valence-corrected chi connectivity index (χ2v) is 7.62. The van der Waals surface area contributed by atoms with Crippen LogP contribution in [0.15, 0.2) is 42.0 Å². The summed E-state index contributed by atoms with van der Waals surface area (Å²) in [5, 5.41) is 3.35. The first-order chi connectivity index (χ1) is 12.2. The van der Waals surface area contributed by atoms with Crippen LogP contribution in [0.3, 0.4) is 0 Å². The van der Waals surface area contributed by atoms with Crippen LogP contribution in [0.25, 0.3) is 10.9 Å². The quantitative estimate of drug-likeness (QED) is 0.768. The number of carbonyl (C=O) groups is 2. The van der Waals surface area contributed by atoms with Crippen molar-refractivity contribution in [1.29, 1.82) is 0 Å². The van der Waals surface area contributed by atoms with Crippen molar-refractivity contribution in [1.82, 2.24) is 14.9 Å². The number of anilines is 1. The molecule has 3 heterocycles. The summed E-state index contributed by atoms with van der Waals surface area (Å²) in [5.74, 6) is 0.893. The predicted octanol–water partition coefficient (Wildman–Crippen LogP) is 2.80. The number of amides is 2. The van der Waals surface area contributed by atoms with Crippen LogP contribution >= 0.6 is 23.1 Å². The van der Waals surface area contributed by atoms with Gasteiger partial charge in [0.1, 0.15) is 6.04 Å². The molecule has 1 unspecified atom stereocenters. The SMILES string of the molecule is CN(C(=O)C1CSCN1C(=O)c1c[nH]c2ccccc12)c1nccs1. The number of fused-ring (bicyclic) bond motifs is 1. The lowest BCUT2D eigenvalue weighted by molar-refractivity contribution is -0.121. The van der Waals surface area contributed by atoms with E-state index in [4.69, 9.17) is 0 Å². The largest absolute Gasteiger partial charge is 0.360 e. The Morgan fingerprint density at radius 1 is 1.36 bits per heavy atom. The molecule has 2 aromatic heterocycles. The molecule has 1 aliphatic rings. The van der Waals surface area contributed by atoms with E-state index in [0.29, 0.717) is 22.3 Å². The number of nitrogens with one attached hydrogen (secondary N) is 1. The van der Waals surface area contributed by atoms with E-state index < -0.39 is 6.04 Å². The lowest BCUT2D eigenvalue weighted by Gasteiger charge is -2.26. The van der Waals surface area contributed by atoms with Crippen molar-refractivity contribution in [3.8, 4) is 0 Å². The Kier molecular flexibility index (Phi) is 4.22. The van der Waals surface area contributed by atoms with Crippen LogP contribution in [0.2, 0.25) is 0 Å². The standard InChI is InChI=1S/C17H16N4O2S2/c1-20(17-18-6-7-25-17)16(23)14-9-24-10-21(14)15(22)12-8-19-13-5-3-2-4-11(12)13/h2-8,14,19H,9-10H2,1H3. The van der Waals surface area contributed by atoms with Gasteiger partial charge in [-0.15, -0.1) is 23.1 Å². The second kappa shape index (κ2) is 6.53. The number of nitrogens with zero attached hydrogens (tertiary/aromatic N) is 3. The molecular formula is C17H16N4O2S2. The molecule has 2 amide bonds. The zero-order chi connectivity index (χ0) is 17.4. The predicted molar refractivity (Wildman–Crippen MR) is 101 cm³/mol. The van der Waals surface area contributed by atoms with Gasteiger partial charge in [-0.25, -0.2) is 4.98 Å². The molecule has 128 valence electrons. The van der Waals surface area contributed by atoms with Crippen molar-refractivity contribution in [3.63, 3.8) is 0 Å². The molecule has 1 aromatic carbocycles. The zero-order valence-electron chi connectivity index (χ0n) is 13.5. The second-order valence-electron chi connectivity index (χ2n) is 5.75. The van der Waals surface area contributed by atoms with Gasteiger partial charge < -0.3 is 9.88 Å². The van der Waals surface area contributed by atoms with Crippen molar-refractivity contribution in [2.24, 2.45) is 0 Å². The van der Waals surface area contributed by atoms with E-state index >= 15 is 0 Å². The van der Waals surface area contributed by atoms with Crippen LogP contribution in [0.5, 0.6) is 0 Å². The van der Waals surface area contributed by atoms with Gasteiger partial charge in [-0.2, -0.15) is 0 Å². The molecule has 3 aromatic rings. The number of rotatable bonds is 3. The van der Waals surface area contributed by atoms with Gasteiger partial charge in [-0.1, -0.05) is 18.2 Å². The molecule has 1 saturated heterocycles. The normalized spacial score (nSPS) is 17.2. The van der Waals surface area contributed by atoms with Crippen LogP contribution in [0.4, 0.5) is 5.13 Å². The molecule has 1 aliphatic heterocycles. The molecule has 4 rings (SSSR count). The number of benzene rings is 1. The molecule has 1 N–H and O–H groups in total. The van der Waals surface area contributed by atoms with Gasteiger partial charge in [-0.3, -0.25) is 14.5 Å². The number of thiazole rings is 1. The molecule has 0 spiro atoms. The third kappa shape index (κ3) is 2.81. The average Bonchev–Trinajstić information content (AvgIpc) is 3.39. The van der Waals surface area contributed by atoms with Gasteiger partial charge in [0.15, 0.2) is 5.13 Å². The van der Waals surface area contributed by atoms with Gasteiger partial charge in [0, 0.05) is 41.5 Å². The molecule has 1 atom stereocenters. The molecule has 0 bridgehead atoms. The highest BCUT2D eigenvalue weighted by Crippen LogP contribution is 2.28. The number of hydrogen-bond donors (Lipinski definition) is 1. The molecule has 25 heavy (non-hydrogen) atoms. The molecule has 0 radical (unpaired) electrons. The van der Waals surface area contributed by atoms with E-state index in [1.165, 1.54) is 16.2 Å². The number of carbonyl (C=O) groups excluding carboxylic acids is 2. The van der Waals surface area contributed by atoms with Crippen LogP contribution in [-0.2, 0) is 4.79 Å². The van der Waals surface area contributed by atoms with Crippen LogP contribution < -0.4 is 4.90 Å². The fourth-order valence-electron chi connectivity index (χ4n) is 2.95. The minimum Gasteiger partial charge on any atom is -0.360 e. The minimum atomic E-state index is -0.472. The molecular weight excluding hydrogens is 356 g/mol. The molecule has 8 heteroatoms. The van der Waals surface area contributed by atoms with Gasteiger partial charge in [0.05, 0.1) is 11.4 Å². The molecule has 1 fully saturated rings. The summed E-state index contributed by atoms with van der Waals surface area (Å²) < 4.78 is 0. The molecule has 0 saturated carbocycles. The number of likely N-dealkylation sites (N-methyl/N-ethyl adjacent to an activating group) is 1. The highest BCUT2D eigenvalue weighted by Gasteiger charge is 2.38. The Balaban J connectivity index is 1.61. The van der Waals surface area contributed by atoms with Crippen LogP contribution in [0.1, 0.15) is 10.4 Å². The average molecular weight is 372 g/mol. The Morgan fingerprint density at radius 2 is 2.20 bits per heavy atom. The highest BCUT2D eigenvalue weighted by atomic mass is 32.2. The number of aromatic amines is 1. The third-order valence-electron chi connectivity index (χ3n) is 4.28. The minimum absolute atomic E-state index is 0.104. The summed E-state index contributed by atoms with van der Waals surface area (Å²) in [4.78, 5) is 36.4. The molecule has 0 aliphatic carbocycles. The summed E-state index contributed by atoms with van der Waals surface area (Å²) in [5.41, 5.74) is 1.52. The lowest BCUT2D eigenvalue weighted by Crippen LogP contribution is -2.48. The lowest BCUT2D eigenvalue weighted by atomic mass is 10.1. The summed E-state index contributed by atoms with van der Waals surface area (Å²) in [7, 11) is 1.71.